The van der Waals surface area contributed by atoms with E-state index >= 15 is 0 Å². The van der Waals surface area contributed by atoms with Gasteiger partial charge in [0.05, 0.1) is 12.7 Å². The van der Waals surface area contributed by atoms with Crippen molar-refractivity contribution in [2.24, 2.45) is 0 Å². The number of ether oxygens (including phenoxy) is 1. The summed E-state index contributed by atoms with van der Waals surface area (Å²) in [5, 5.41) is 4.65. The second-order valence-corrected chi connectivity index (χ2v) is 6.03. The molecule has 0 unspecified atom stereocenters. The summed E-state index contributed by atoms with van der Waals surface area (Å²) in [6.45, 7) is 3.30. The topological polar surface area (TPSA) is 43.3 Å². The van der Waals surface area contributed by atoms with Crippen LogP contribution in [0, 0.1) is 6.92 Å². The van der Waals surface area contributed by atoms with Crippen LogP contribution in [0.4, 0.5) is 0 Å². The van der Waals surface area contributed by atoms with Crippen molar-refractivity contribution in [3.8, 4) is 5.75 Å². The normalized spacial score (nSPS) is 10.8. The van der Waals surface area contributed by atoms with Crippen LogP contribution in [-0.2, 0) is 6.54 Å². The van der Waals surface area contributed by atoms with Crippen molar-refractivity contribution in [1.29, 1.82) is 0 Å². The van der Waals surface area contributed by atoms with E-state index in [-0.39, 0.29) is 5.91 Å². The van der Waals surface area contributed by atoms with Gasteiger partial charge in [0.1, 0.15) is 5.75 Å². The number of benzene rings is 2. The van der Waals surface area contributed by atoms with E-state index < -0.39 is 0 Å². The van der Waals surface area contributed by atoms with Crippen LogP contribution in [0.25, 0.3) is 10.9 Å². The summed E-state index contributed by atoms with van der Waals surface area (Å²) in [6.07, 6.45) is 0. The van der Waals surface area contributed by atoms with E-state index in [1.165, 1.54) is 23.7 Å². The van der Waals surface area contributed by atoms with Crippen LogP contribution in [0.5, 0.6) is 5.75 Å². The fourth-order valence-corrected chi connectivity index (χ4v) is 3.05. The molecular formula is C19H19ClN2O2. The molecule has 0 spiro atoms. The first kappa shape index (κ1) is 16.4. The van der Waals surface area contributed by atoms with Gasteiger partial charge in [0.2, 0.25) is 0 Å². The van der Waals surface area contributed by atoms with Gasteiger partial charge in [-0.3, -0.25) is 4.79 Å². The third kappa shape index (κ3) is 3.24. The number of halogens is 1. The molecular weight excluding hydrogens is 324 g/mol. The Morgan fingerprint density at radius 3 is 2.79 bits per heavy atom. The molecule has 0 aliphatic heterocycles. The maximum atomic E-state index is 12.4. The molecule has 3 rings (SSSR count). The summed E-state index contributed by atoms with van der Waals surface area (Å²) >= 11 is 5.98. The lowest BCUT2D eigenvalue weighted by Crippen LogP contribution is -2.27. The second kappa shape index (κ2) is 6.97. The maximum Gasteiger partial charge on any atom is 0.255 e. The lowest BCUT2D eigenvalue weighted by Gasteiger charge is -2.12. The van der Waals surface area contributed by atoms with Crippen molar-refractivity contribution in [3.05, 3.63) is 64.8 Å². The van der Waals surface area contributed by atoms with Gasteiger partial charge in [0.25, 0.3) is 5.91 Å². The van der Waals surface area contributed by atoms with E-state index in [2.05, 4.69) is 35.0 Å². The van der Waals surface area contributed by atoms with E-state index in [0.29, 0.717) is 29.4 Å². The van der Waals surface area contributed by atoms with Crippen LogP contribution in [-0.4, -0.2) is 24.1 Å². The van der Waals surface area contributed by atoms with Crippen LogP contribution in [0.2, 0.25) is 5.02 Å². The number of aryl methyl sites for hydroxylation is 1. The monoisotopic (exact) mass is 342 g/mol. The SMILES string of the molecule is COc1ccc(Cl)cc1C(=O)NCCn1c(C)cc2ccccc21. The van der Waals surface area contributed by atoms with Crippen molar-refractivity contribution in [2.75, 3.05) is 13.7 Å². The average molecular weight is 343 g/mol. The summed E-state index contributed by atoms with van der Waals surface area (Å²) < 4.78 is 7.42. The zero-order chi connectivity index (χ0) is 17.1. The molecule has 0 bridgehead atoms. The fraction of sp³-hybridized carbons (Fsp3) is 0.211. The minimum absolute atomic E-state index is 0.191. The Balaban J connectivity index is 1.71. The molecule has 1 aromatic heterocycles. The predicted molar refractivity (Wildman–Crippen MR) is 97.0 cm³/mol. The van der Waals surface area contributed by atoms with Crippen molar-refractivity contribution in [2.45, 2.75) is 13.5 Å². The van der Waals surface area contributed by atoms with Gasteiger partial charge in [-0.25, -0.2) is 0 Å². The van der Waals surface area contributed by atoms with Crippen LogP contribution in [0.15, 0.2) is 48.5 Å². The number of carbonyl (C=O) groups is 1. The van der Waals surface area contributed by atoms with E-state index in [0.717, 1.165) is 0 Å². The van der Waals surface area contributed by atoms with Crippen LogP contribution < -0.4 is 10.1 Å². The van der Waals surface area contributed by atoms with Gasteiger partial charge in [-0.2, -0.15) is 0 Å². The summed E-state index contributed by atoms with van der Waals surface area (Å²) in [5.74, 6) is 0.322. The molecule has 24 heavy (non-hydrogen) atoms. The Kier molecular flexibility index (Phi) is 4.76. The Bertz CT molecular complexity index is 886. The Morgan fingerprint density at radius 1 is 1.21 bits per heavy atom. The highest BCUT2D eigenvalue weighted by Gasteiger charge is 2.13. The highest BCUT2D eigenvalue weighted by Crippen LogP contribution is 2.22. The smallest absolute Gasteiger partial charge is 0.255 e. The summed E-state index contributed by atoms with van der Waals surface area (Å²) in [4.78, 5) is 12.4. The lowest BCUT2D eigenvalue weighted by atomic mass is 10.2. The van der Waals surface area contributed by atoms with Gasteiger partial charge < -0.3 is 14.6 Å². The number of aromatic nitrogens is 1. The fourth-order valence-electron chi connectivity index (χ4n) is 2.88. The predicted octanol–water partition coefficient (Wildman–Crippen LogP) is 4.04. The number of methoxy groups -OCH3 is 1. The molecule has 124 valence electrons. The molecule has 0 radical (unpaired) electrons. The molecule has 0 saturated heterocycles. The molecule has 1 N–H and O–H groups in total. The van der Waals surface area contributed by atoms with Gasteiger partial charge in [0, 0.05) is 29.3 Å². The van der Waals surface area contributed by atoms with E-state index in [4.69, 9.17) is 16.3 Å². The van der Waals surface area contributed by atoms with Crippen LogP contribution in [0.3, 0.4) is 0 Å². The van der Waals surface area contributed by atoms with Crippen LogP contribution >= 0.6 is 11.6 Å². The van der Waals surface area contributed by atoms with Gasteiger partial charge in [-0.05, 0) is 42.6 Å². The van der Waals surface area contributed by atoms with Gasteiger partial charge >= 0.3 is 0 Å². The van der Waals surface area contributed by atoms with E-state index in [1.54, 1.807) is 18.2 Å². The van der Waals surface area contributed by atoms with Crippen molar-refractivity contribution in [1.82, 2.24) is 9.88 Å². The number of hydrogen-bond donors (Lipinski definition) is 1. The van der Waals surface area contributed by atoms with Gasteiger partial charge in [0.15, 0.2) is 0 Å². The first-order valence-corrected chi connectivity index (χ1v) is 8.14. The molecule has 0 fully saturated rings. The maximum absolute atomic E-state index is 12.4. The Morgan fingerprint density at radius 2 is 2.00 bits per heavy atom. The molecule has 5 heteroatoms. The zero-order valence-electron chi connectivity index (χ0n) is 13.7. The third-order valence-electron chi connectivity index (χ3n) is 4.04. The molecule has 0 saturated carbocycles. The van der Waals surface area contributed by atoms with Crippen molar-refractivity contribution in [3.63, 3.8) is 0 Å². The quantitative estimate of drug-likeness (QED) is 0.760. The first-order chi connectivity index (χ1) is 11.6. The molecule has 0 atom stereocenters. The summed E-state index contributed by atoms with van der Waals surface area (Å²) in [5.41, 5.74) is 2.79. The molecule has 1 amide bonds. The highest BCUT2D eigenvalue weighted by atomic mass is 35.5. The zero-order valence-corrected chi connectivity index (χ0v) is 14.4. The number of amides is 1. The van der Waals surface area contributed by atoms with Crippen molar-refractivity contribution >= 4 is 28.4 Å². The number of nitrogens with zero attached hydrogens (tertiary/aromatic N) is 1. The number of nitrogens with one attached hydrogen (secondary N) is 1. The summed E-state index contributed by atoms with van der Waals surface area (Å²) in [7, 11) is 1.54. The summed E-state index contributed by atoms with van der Waals surface area (Å²) in [6, 6.07) is 15.4. The van der Waals surface area contributed by atoms with Gasteiger partial charge in [-0.1, -0.05) is 29.8 Å². The first-order valence-electron chi connectivity index (χ1n) is 7.77. The van der Waals surface area contributed by atoms with Crippen LogP contribution in [0.1, 0.15) is 16.1 Å². The van der Waals surface area contributed by atoms with Gasteiger partial charge in [-0.15, -0.1) is 0 Å². The van der Waals surface area contributed by atoms with E-state index in [1.807, 2.05) is 12.1 Å². The van der Waals surface area contributed by atoms with Crippen molar-refractivity contribution < 1.29 is 9.53 Å². The standard InChI is InChI=1S/C19H19ClN2O2/c1-13-11-14-5-3-4-6-17(14)22(13)10-9-21-19(23)16-12-15(20)7-8-18(16)24-2/h3-8,11-12H,9-10H2,1-2H3,(H,21,23). The number of fused-ring (bicyclic) bond motifs is 1. The third-order valence-corrected chi connectivity index (χ3v) is 4.28. The minimum atomic E-state index is -0.191. The molecule has 2 aromatic carbocycles. The number of hydrogen-bond acceptors (Lipinski definition) is 2. The molecule has 0 aliphatic rings. The Hall–Kier alpha value is -2.46. The molecule has 1 heterocycles. The number of carbonyl (C=O) groups excluding carboxylic acids is 1. The molecule has 0 aliphatic carbocycles. The number of para-hydroxylation sites is 1. The lowest BCUT2D eigenvalue weighted by molar-refractivity contribution is 0.0949. The largest absolute Gasteiger partial charge is 0.496 e. The minimum Gasteiger partial charge on any atom is -0.496 e. The Labute approximate surface area is 146 Å². The van der Waals surface area contributed by atoms with E-state index in [9.17, 15) is 4.79 Å². The second-order valence-electron chi connectivity index (χ2n) is 5.60. The molecule has 4 nitrogen and oxygen atoms in total. The number of rotatable bonds is 5. The highest BCUT2D eigenvalue weighted by molar-refractivity contribution is 6.31. The average Bonchev–Trinajstić information content (AvgIpc) is 2.90. The molecule has 3 aromatic rings.